The van der Waals surface area contributed by atoms with Crippen molar-refractivity contribution in [2.75, 3.05) is 0 Å². The van der Waals surface area contributed by atoms with Crippen molar-refractivity contribution in [3.63, 3.8) is 0 Å². The number of thiocarbonyl (C=S) groups is 1. The lowest BCUT2D eigenvalue weighted by atomic mass is 10.0. The molecule has 0 aromatic rings. The van der Waals surface area contributed by atoms with Crippen molar-refractivity contribution in [2.24, 2.45) is 5.92 Å². The fourth-order valence-electron chi connectivity index (χ4n) is 0.720. The van der Waals surface area contributed by atoms with Gasteiger partial charge < -0.3 is 5.32 Å². The van der Waals surface area contributed by atoms with Crippen molar-refractivity contribution in [3.8, 4) is 6.07 Å². The molecule has 1 heterocycles. The van der Waals surface area contributed by atoms with E-state index in [1.165, 1.54) is 0 Å². The Hall–Kier alpha value is -1.14. The minimum Gasteiger partial charge on any atom is -0.355 e. The zero-order chi connectivity index (χ0) is 7.56. The molecule has 0 saturated heterocycles. The van der Waals surface area contributed by atoms with E-state index in [2.05, 4.69) is 11.9 Å². The molecule has 50 valence electrons. The lowest BCUT2D eigenvalue weighted by Crippen LogP contribution is -2.27. The fraction of sp³-hybridized carbons (Fsp3) is 0.143. The van der Waals surface area contributed by atoms with E-state index in [0.29, 0.717) is 4.99 Å². The van der Waals surface area contributed by atoms with E-state index in [1.807, 2.05) is 6.07 Å². The van der Waals surface area contributed by atoms with E-state index in [1.54, 1.807) is 12.3 Å². The van der Waals surface area contributed by atoms with Gasteiger partial charge in [-0.2, -0.15) is 5.26 Å². The summed E-state index contributed by atoms with van der Waals surface area (Å²) < 4.78 is 0. The highest BCUT2D eigenvalue weighted by molar-refractivity contribution is 7.80. The summed E-state index contributed by atoms with van der Waals surface area (Å²) in [5.41, 5.74) is 0.756. The molecule has 0 amide bonds. The van der Waals surface area contributed by atoms with Gasteiger partial charge in [0.15, 0.2) is 0 Å². The minimum absolute atomic E-state index is 0.333. The van der Waals surface area contributed by atoms with Gasteiger partial charge in [0.2, 0.25) is 0 Å². The van der Waals surface area contributed by atoms with Gasteiger partial charge >= 0.3 is 0 Å². The summed E-state index contributed by atoms with van der Waals surface area (Å²) >= 11 is 4.86. The van der Waals surface area contributed by atoms with Gasteiger partial charge in [0.1, 0.15) is 10.9 Å². The van der Waals surface area contributed by atoms with Crippen molar-refractivity contribution >= 4 is 17.2 Å². The molecule has 0 radical (unpaired) electrons. The zero-order valence-electron chi connectivity index (χ0n) is 5.29. The molecular formula is C7H6N2S. The zero-order valence-corrected chi connectivity index (χ0v) is 6.11. The summed E-state index contributed by atoms with van der Waals surface area (Å²) in [6, 6.07) is 2.05. The van der Waals surface area contributed by atoms with Gasteiger partial charge in [-0.25, -0.2) is 0 Å². The molecule has 0 fully saturated rings. The Bertz CT molecular complexity index is 247. The number of nitrogens with one attached hydrogen (secondary N) is 1. The monoisotopic (exact) mass is 150 g/mol. The lowest BCUT2D eigenvalue weighted by Gasteiger charge is -2.14. The number of rotatable bonds is 0. The van der Waals surface area contributed by atoms with Gasteiger partial charge in [-0.15, -0.1) is 0 Å². The Labute approximate surface area is 64.8 Å². The van der Waals surface area contributed by atoms with E-state index in [0.717, 1.165) is 5.57 Å². The van der Waals surface area contributed by atoms with Crippen LogP contribution in [0.25, 0.3) is 0 Å². The number of nitrogens with zero attached hydrogens (tertiary/aromatic N) is 1. The number of nitriles is 1. The SMILES string of the molecule is C=C1C=CNC(=S)C1C#N. The van der Waals surface area contributed by atoms with E-state index in [9.17, 15) is 0 Å². The molecule has 3 heteroatoms. The Kier molecular flexibility index (Phi) is 1.83. The third kappa shape index (κ3) is 1.07. The molecule has 2 nitrogen and oxygen atoms in total. The standard InChI is InChI=1S/C7H6N2S/c1-5-2-3-9-7(10)6(5)4-8/h2-3,6H,1H2,(H,9,10). The van der Waals surface area contributed by atoms with Crippen LogP contribution in [0.4, 0.5) is 0 Å². The molecule has 1 rings (SSSR count). The van der Waals surface area contributed by atoms with Crippen molar-refractivity contribution < 1.29 is 0 Å². The van der Waals surface area contributed by atoms with Crippen LogP contribution in [0.3, 0.4) is 0 Å². The van der Waals surface area contributed by atoms with Crippen LogP contribution < -0.4 is 5.32 Å². The maximum atomic E-state index is 8.56. The maximum Gasteiger partial charge on any atom is 0.121 e. The second-order valence-electron chi connectivity index (χ2n) is 1.98. The Morgan fingerprint density at radius 1 is 1.80 bits per heavy atom. The molecule has 10 heavy (non-hydrogen) atoms. The van der Waals surface area contributed by atoms with Crippen molar-refractivity contribution in [2.45, 2.75) is 0 Å². The molecule has 1 unspecified atom stereocenters. The summed E-state index contributed by atoms with van der Waals surface area (Å²) in [4.78, 5) is 0.537. The molecule has 0 aliphatic carbocycles. The number of hydrogen-bond donors (Lipinski definition) is 1. The molecular weight excluding hydrogens is 144 g/mol. The second kappa shape index (κ2) is 2.63. The normalized spacial score (nSPS) is 23.7. The highest BCUT2D eigenvalue weighted by atomic mass is 32.1. The van der Waals surface area contributed by atoms with Crippen LogP contribution in [-0.4, -0.2) is 4.99 Å². The average molecular weight is 150 g/mol. The third-order valence-electron chi connectivity index (χ3n) is 1.29. The Morgan fingerprint density at radius 3 is 2.90 bits per heavy atom. The highest BCUT2D eigenvalue weighted by Crippen LogP contribution is 2.13. The van der Waals surface area contributed by atoms with Gasteiger partial charge in [-0.3, -0.25) is 0 Å². The first-order chi connectivity index (χ1) is 4.75. The number of hydrogen-bond acceptors (Lipinski definition) is 2. The van der Waals surface area contributed by atoms with Crippen LogP contribution in [0.5, 0.6) is 0 Å². The summed E-state index contributed by atoms with van der Waals surface area (Å²) in [7, 11) is 0. The summed E-state index contributed by atoms with van der Waals surface area (Å²) in [6.45, 7) is 3.68. The van der Waals surface area contributed by atoms with Crippen LogP contribution in [0.2, 0.25) is 0 Å². The molecule has 0 bridgehead atoms. The molecule has 1 atom stereocenters. The molecule has 0 aromatic carbocycles. The van der Waals surface area contributed by atoms with Crippen LogP contribution >= 0.6 is 12.2 Å². The quantitative estimate of drug-likeness (QED) is 0.526. The van der Waals surface area contributed by atoms with Crippen LogP contribution in [0.15, 0.2) is 24.4 Å². The van der Waals surface area contributed by atoms with E-state index in [-0.39, 0.29) is 5.92 Å². The first-order valence-electron chi connectivity index (χ1n) is 2.81. The van der Waals surface area contributed by atoms with Crippen molar-refractivity contribution in [1.82, 2.24) is 5.32 Å². The molecule has 0 spiro atoms. The van der Waals surface area contributed by atoms with Gasteiger partial charge in [0.05, 0.1) is 6.07 Å². The van der Waals surface area contributed by atoms with Gasteiger partial charge in [0, 0.05) is 6.20 Å². The van der Waals surface area contributed by atoms with E-state index in [4.69, 9.17) is 17.5 Å². The van der Waals surface area contributed by atoms with Crippen LogP contribution in [0.1, 0.15) is 0 Å². The molecule has 0 saturated carbocycles. The van der Waals surface area contributed by atoms with Crippen LogP contribution in [-0.2, 0) is 0 Å². The minimum atomic E-state index is -0.333. The summed E-state index contributed by atoms with van der Waals surface area (Å²) in [5, 5.41) is 11.3. The second-order valence-corrected chi connectivity index (χ2v) is 2.42. The molecule has 0 aromatic heterocycles. The molecule has 1 N–H and O–H groups in total. The van der Waals surface area contributed by atoms with Gasteiger partial charge in [0.25, 0.3) is 0 Å². The highest BCUT2D eigenvalue weighted by Gasteiger charge is 2.17. The first-order valence-corrected chi connectivity index (χ1v) is 3.22. The van der Waals surface area contributed by atoms with Gasteiger partial charge in [-0.05, 0) is 11.6 Å². The topological polar surface area (TPSA) is 35.8 Å². The summed E-state index contributed by atoms with van der Waals surface area (Å²) in [6.07, 6.45) is 3.45. The largest absolute Gasteiger partial charge is 0.355 e. The predicted molar refractivity (Wildman–Crippen MR) is 43.1 cm³/mol. The van der Waals surface area contributed by atoms with Crippen molar-refractivity contribution in [3.05, 3.63) is 24.4 Å². The van der Waals surface area contributed by atoms with Crippen LogP contribution in [0, 0.1) is 17.2 Å². The smallest absolute Gasteiger partial charge is 0.121 e. The fourth-order valence-corrected chi connectivity index (χ4v) is 0.992. The van der Waals surface area contributed by atoms with E-state index < -0.39 is 0 Å². The third-order valence-corrected chi connectivity index (χ3v) is 1.64. The Balaban J connectivity index is 2.91. The Morgan fingerprint density at radius 2 is 2.50 bits per heavy atom. The van der Waals surface area contributed by atoms with Crippen molar-refractivity contribution in [1.29, 1.82) is 5.26 Å². The number of allylic oxidation sites excluding steroid dienone is 1. The first kappa shape index (κ1) is 6.97. The predicted octanol–water partition coefficient (Wildman–Crippen LogP) is 1.13. The molecule has 1 aliphatic heterocycles. The maximum absolute atomic E-state index is 8.56. The lowest BCUT2D eigenvalue weighted by molar-refractivity contribution is 1.01. The average Bonchev–Trinajstić information content (AvgIpc) is 1.88. The molecule has 1 aliphatic rings. The van der Waals surface area contributed by atoms with Gasteiger partial charge in [-0.1, -0.05) is 18.8 Å². The van der Waals surface area contributed by atoms with E-state index >= 15 is 0 Å². The summed E-state index contributed by atoms with van der Waals surface area (Å²) in [5.74, 6) is -0.333.